The van der Waals surface area contributed by atoms with Crippen LogP contribution in [0.5, 0.6) is 0 Å². The molecular weight excluding hydrogens is 524 g/mol. The van der Waals surface area contributed by atoms with Crippen molar-refractivity contribution in [2.24, 2.45) is 11.8 Å². The minimum Gasteiger partial charge on any atom is -0.465 e. The third-order valence-corrected chi connectivity index (χ3v) is 10.6. The minimum absolute atomic E-state index is 0.0931. The molecule has 4 aliphatic rings. The zero-order valence-electron chi connectivity index (χ0n) is 22.8. The molecular formula is C32H36N2O5S. The number of rotatable bonds is 6. The lowest BCUT2D eigenvalue weighted by molar-refractivity contribution is -0.154. The second-order valence-electron chi connectivity index (χ2n) is 11.4. The molecule has 4 heterocycles. The average molecular weight is 561 g/mol. The Morgan fingerprint density at radius 3 is 2.62 bits per heavy atom. The number of benzene rings is 2. The summed E-state index contributed by atoms with van der Waals surface area (Å²) in [4.78, 5) is 46.0. The number of thioether (sulfide) groups is 1. The molecule has 8 heteroatoms. The maximum atomic E-state index is 14.6. The molecule has 2 aromatic rings. The van der Waals surface area contributed by atoms with Crippen LogP contribution >= 0.6 is 11.8 Å². The Balaban J connectivity index is 1.44. The van der Waals surface area contributed by atoms with Gasteiger partial charge >= 0.3 is 5.97 Å². The highest BCUT2D eigenvalue weighted by Gasteiger charge is 2.73. The van der Waals surface area contributed by atoms with Gasteiger partial charge in [0.1, 0.15) is 6.04 Å². The number of amides is 2. The molecule has 210 valence electrons. The number of hydrogen-bond donors (Lipinski definition) is 1. The second kappa shape index (κ2) is 10.7. The molecule has 0 aliphatic carbocycles. The first kappa shape index (κ1) is 27.1. The van der Waals surface area contributed by atoms with Gasteiger partial charge in [0.25, 0.3) is 5.91 Å². The topological polar surface area (TPSA) is 87.1 Å². The van der Waals surface area contributed by atoms with E-state index < -0.39 is 27.4 Å². The fourth-order valence-electron chi connectivity index (χ4n) is 7.02. The van der Waals surface area contributed by atoms with E-state index in [1.807, 2.05) is 61.5 Å². The number of allylic oxidation sites excluding steroid dienone is 1. The van der Waals surface area contributed by atoms with Crippen molar-refractivity contribution in [3.63, 3.8) is 0 Å². The Hall–Kier alpha value is -3.10. The van der Waals surface area contributed by atoms with Gasteiger partial charge in [-0.1, -0.05) is 54.6 Å². The van der Waals surface area contributed by atoms with Gasteiger partial charge in [-0.15, -0.1) is 11.8 Å². The van der Waals surface area contributed by atoms with E-state index in [0.29, 0.717) is 32.5 Å². The average Bonchev–Trinajstić information content (AvgIpc) is 3.29. The van der Waals surface area contributed by atoms with Gasteiger partial charge in [-0.2, -0.15) is 0 Å². The molecule has 2 saturated heterocycles. The first-order valence-corrected chi connectivity index (χ1v) is 15.1. The highest BCUT2D eigenvalue weighted by molar-refractivity contribution is 8.02. The lowest BCUT2D eigenvalue weighted by atomic mass is 9.74. The SMILES string of the molecule is C[C@]12/C=C\CCCOC(=O)[C@H]1[C@H]1C(=O)N(CCCCCO)C3C(=O)N(c4ccc5ccccc5c4)CC=C[C@@]31S2. The van der Waals surface area contributed by atoms with Crippen molar-refractivity contribution in [1.29, 1.82) is 0 Å². The number of cyclic esters (lactones) is 1. The molecule has 0 bridgehead atoms. The van der Waals surface area contributed by atoms with Crippen LogP contribution in [0.15, 0.2) is 66.8 Å². The number of nitrogens with zero attached hydrogens (tertiary/aromatic N) is 2. The van der Waals surface area contributed by atoms with Gasteiger partial charge < -0.3 is 19.6 Å². The van der Waals surface area contributed by atoms with E-state index in [1.165, 1.54) is 0 Å². The Morgan fingerprint density at radius 1 is 0.975 bits per heavy atom. The molecule has 7 nitrogen and oxygen atoms in total. The second-order valence-corrected chi connectivity index (χ2v) is 13.2. The maximum Gasteiger partial charge on any atom is 0.311 e. The number of aliphatic hydroxyl groups excluding tert-OH is 1. The third-order valence-electron chi connectivity index (χ3n) is 8.85. The van der Waals surface area contributed by atoms with Crippen LogP contribution in [0.4, 0.5) is 5.69 Å². The van der Waals surface area contributed by atoms with Gasteiger partial charge in [-0.05, 0) is 61.9 Å². The summed E-state index contributed by atoms with van der Waals surface area (Å²) in [5.74, 6) is -2.02. The number of fused-ring (bicyclic) bond motifs is 3. The van der Waals surface area contributed by atoms with Crippen molar-refractivity contribution in [1.82, 2.24) is 4.90 Å². The zero-order valence-corrected chi connectivity index (χ0v) is 23.6. The van der Waals surface area contributed by atoms with Crippen LogP contribution in [-0.2, 0) is 19.1 Å². The zero-order chi connectivity index (χ0) is 27.9. The minimum atomic E-state index is -0.890. The molecule has 1 unspecified atom stereocenters. The molecule has 40 heavy (non-hydrogen) atoms. The largest absolute Gasteiger partial charge is 0.465 e. The van der Waals surface area contributed by atoms with Crippen molar-refractivity contribution >= 4 is 46.0 Å². The van der Waals surface area contributed by atoms with Crippen molar-refractivity contribution in [2.75, 3.05) is 31.2 Å². The van der Waals surface area contributed by atoms with Crippen LogP contribution in [0.1, 0.15) is 39.0 Å². The van der Waals surface area contributed by atoms with Crippen LogP contribution in [-0.4, -0.2) is 69.6 Å². The van der Waals surface area contributed by atoms with E-state index in [-0.39, 0.29) is 24.4 Å². The molecule has 0 aromatic heterocycles. The van der Waals surface area contributed by atoms with E-state index in [0.717, 1.165) is 35.7 Å². The van der Waals surface area contributed by atoms with Crippen molar-refractivity contribution < 1.29 is 24.2 Å². The fraction of sp³-hybridized carbons (Fsp3) is 0.469. The standard InChI is InChI=1S/C32H36N2O5S/c1-31-15-6-2-9-20-39-30(38)26(31)25-28(36)34(17-7-3-8-19-35)27-29(37)33(18-10-16-32(25,27)40-31)24-14-13-22-11-4-5-12-23(22)21-24/h4-6,10-16,21,25-27,35H,2-3,7-9,17-20H2,1H3/b15-6-/t25-,26+,27?,31-,32-/m0/s1. The Kier molecular flexibility index (Phi) is 7.25. The van der Waals surface area contributed by atoms with E-state index in [9.17, 15) is 19.5 Å². The molecule has 4 aliphatic heterocycles. The molecule has 2 fully saturated rings. The molecule has 1 N–H and O–H groups in total. The van der Waals surface area contributed by atoms with Gasteiger partial charge in [0, 0.05) is 30.1 Å². The molecule has 2 amide bonds. The number of carbonyl (C=O) groups is 3. The van der Waals surface area contributed by atoms with Crippen molar-refractivity contribution in [3.8, 4) is 0 Å². The van der Waals surface area contributed by atoms with Crippen LogP contribution < -0.4 is 4.90 Å². The Labute approximate surface area is 239 Å². The first-order chi connectivity index (χ1) is 19.4. The summed E-state index contributed by atoms with van der Waals surface area (Å²) in [7, 11) is 0. The molecule has 6 rings (SSSR count). The summed E-state index contributed by atoms with van der Waals surface area (Å²) in [6.45, 7) is 3.22. The highest BCUT2D eigenvalue weighted by Crippen LogP contribution is 2.65. The quantitative estimate of drug-likeness (QED) is 0.318. The van der Waals surface area contributed by atoms with E-state index in [1.54, 1.807) is 21.6 Å². The van der Waals surface area contributed by atoms with Crippen molar-refractivity contribution in [2.45, 2.75) is 54.6 Å². The monoisotopic (exact) mass is 560 g/mol. The lowest BCUT2D eigenvalue weighted by Crippen LogP contribution is -2.53. The molecule has 0 radical (unpaired) electrons. The summed E-state index contributed by atoms with van der Waals surface area (Å²) >= 11 is 1.58. The van der Waals surface area contributed by atoms with Gasteiger partial charge in [0.05, 0.1) is 23.2 Å². The van der Waals surface area contributed by atoms with Gasteiger partial charge in [0.15, 0.2) is 0 Å². The third kappa shape index (κ3) is 4.36. The smallest absolute Gasteiger partial charge is 0.311 e. The molecule has 0 saturated carbocycles. The molecule has 1 spiro atoms. The van der Waals surface area contributed by atoms with Crippen LogP contribution in [0.3, 0.4) is 0 Å². The van der Waals surface area contributed by atoms with Crippen molar-refractivity contribution in [3.05, 3.63) is 66.8 Å². The number of anilines is 1. The van der Waals surface area contributed by atoms with Crippen LogP contribution in [0.25, 0.3) is 10.8 Å². The molecule has 2 aromatic carbocycles. The normalized spacial score (nSPS) is 32.5. The maximum absolute atomic E-state index is 14.6. The van der Waals surface area contributed by atoms with Gasteiger partial charge in [0.2, 0.25) is 5.91 Å². The Morgan fingerprint density at radius 2 is 1.80 bits per heavy atom. The van der Waals surface area contributed by atoms with E-state index in [4.69, 9.17) is 4.74 Å². The summed E-state index contributed by atoms with van der Waals surface area (Å²) in [5.41, 5.74) is 0.789. The fourth-order valence-corrected chi connectivity index (χ4v) is 9.17. The van der Waals surface area contributed by atoms with E-state index in [2.05, 4.69) is 12.2 Å². The molecule has 5 atom stereocenters. The van der Waals surface area contributed by atoms with E-state index >= 15 is 0 Å². The summed E-state index contributed by atoms with van der Waals surface area (Å²) < 4.78 is 4.14. The number of likely N-dealkylation sites (tertiary alicyclic amines) is 1. The number of unbranched alkanes of at least 4 members (excludes halogenated alkanes) is 2. The number of carbonyl (C=O) groups excluding carboxylic acids is 3. The summed E-state index contributed by atoms with van der Waals surface area (Å²) in [6.07, 6.45) is 11.8. The predicted molar refractivity (Wildman–Crippen MR) is 157 cm³/mol. The van der Waals surface area contributed by atoms with Gasteiger partial charge in [-0.25, -0.2) is 0 Å². The van der Waals surface area contributed by atoms with Crippen LogP contribution in [0.2, 0.25) is 0 Å². The Bertz CT molecular complexity index is 1390. The number of ether oxygens (including phenoxy) is 1. The van der Waals surface area contributed by atoms with Crippen LogP contribution in [0, 0.1) is 11.8 Å². The summed E-state index contributed by atoms with van der Waals surface area (Å²) in [5, 5.41) is 11.4. The number of hydrogen-bond acceptors (Lipinski definition) is 6. The summed E-state index contributed by atoms with van der Waals surface area (Å²) in [6, 6.07) is 13.3. The first-order valence-electron chi connectivity index (χ1n) is 14.3. The highest BCUT2D eigenvalue weighted by atomic mass is 32.2. The number of aliphatic hydroxyl groups is 1. The van der Waals surface area contributed by atoms with Gasteiger partial charge in [-0.3, -0.25) is 14.4 Å². The lowest BCUT2D eigenvalue weighted by Gasteiger charge is -2.37. The number of esters is 1. The predicted octanol–water partition coefficient (Wildman–Crippen LogP) is 4.49.